The fourth-order valence-corrected chi connectivity index (χ4v) is 2.00. The number of hydrogen-bond donors (Lipinski definition) is 2. The zero-order valence-electron chi connectivity index (χ0n) is 9.93. The first-order chi connectivity index (χ1) is 9.29. The fourth-order valence-electron chi connectivity index (χ4n) is 1.65. The molecule has 0 aliphatic rings. The highest BCUT2D eigenvalue weighted by atomic mass is 35.5. The molecule has 0 atom stereocenters. The van der Waals surface area contributed by atoms with Gasteiger partial charge in [-0.15, -0.1) is 0 Å². The van der Waals surface area contributed by atoms with Gasteiger partial charge in [-0.25, -0.2) is 0 Å². The van der Waals surface area contributed by atoms with E-state index in [-0.39, 0.29) is 21.4 Å². The van der Waals surface area contributed by atoms with Crippen molar-refractivity contribution in [3.8, 4) is 0 Å². The molecule has 7 heteroatoms. The Kier molecular flexibility index (Phi) is 4.01. The topological polar surface area (TPSA) is 38.0 Å². The van der Waals surface area contributed by atoms with Crippen LogP contribution in [0.15, 0.2) is 36.4 Å². The molecule has 2 aromatic rings. The normalized spacial score (nSPS) is 11.4. The second-order valence-corrected chi connectivity index (χ2v) is 4.86. The molecule has 0 aliphatic heterocycles. The summed E-state index contributed by atoms with van der Waals surface area (Å²) in [6, 6.07) is 8.13. The number of para-hydroxylation sites is 1. The Labute approximate surface area is 123 Å². The van der Waals surface area contributed by atoms with Gasteiger partial charge in [0.15, 0.2) is 0 Å². The summed E-state index contributed by atoms with van der Waals surface area (Å²) in [6.07, 6.45) is -4.53. The highest BCUT2D eigenvalue weighted by Gasteiger charge is 2.34. The maximum Gasteiger partial charge on any atom is 0.418 e. The van der Waals surface area contributed by atoms with Gasteiger partial charge in [0.05, 0.1) is 27.6 Å². The van der Waals surface area contributed by atoms with Crippen LogP contribution in [0.5, 0.6) is 0 Å². The minimum Gasteiger partial charge on any atom is -0.396 e. The number of nitrogens with two attached hydrogens (primary N) is 1. The lowest BCUT2D eigenvalue weighted by molar-refractivity contribution is -0.136. The molecule has 2 rings (SSSR count). The number of alkyl halides is 3. The summed E-state index contributed by atoms with van der Waals surface area (Å²) >= 11 is 11.4. The van der Waals surface area contributed by atoms with Gasteiger partial charge in [0.1, 0.15) is 0 Å². The van der Waals surface area contributed by atoms with Crippen LogP contribution >= 0.6 is 23.2 Å². The van der Waals surface area contributed by atoms with E-state index in [9.17, 15) is 13.2 Å². The minimum absolute atomic E-state index is 0.00180. The maximum atomic E-state index is 13.0. The van der Waals surface area contributed by atoms with Gasteiger partial charge in [0.2, 0.25) is 0 Å². The van der Waals surface area contributed by atoms with E-state index in [1.807, 2.05) is 0 Å². The van der Waals surface area contributed by atoms with Crippen LogP contribution in [0.25, 0.3) is 0 Å². The van der Waals surface area contributed by atoms with E-state index in [0.717, 1.165) is 6.07 Å². The van der Waals surface area contributed by atoms with Crippen LogP contribution in [0, 0.1) is 0 Å². The quantitative estimate of drug-likeness (QED) is 0.733. The van der Waals surface area contributed by atoms with Crippen molar-refractivity contribution in [2.24, 2.45) is 0 Å². The van der Waals surface area contributed by atoms with Crippen molar-refractivity contribution < 1.29 is 13.2 Å². The molecular formula is C13H9Cl2F3N2. The molecule has 2 nitrogen and oxygen atoms in total. The molecule has 0 saturated heterocycles. The Morgan fingerprint density at radius 2 is 1.70 bits per heavy atom. The lowest BCUT2D eigenvalue weighted by atomic mass is 10.1. The predicted molar refractivity (Wildman–Crippen MR) is 75.6 cm³/mol. The second kappa shape index (κ2) is 5.42. The third-order valence-electron chi connectivity index (χ3n) is 2.61. The number of rotatable bonds is 2. The predicted octanol–water partition coefficient (Wildman–Crippen LogP) is 5.34. The molecular weight excluding hydrogens is 312 g/mol. The Balaban J connectivity index is 2.46. The molecule has 106 valence electrons. The number of benzene rings is 2. The molecule has 0 heterocycles. The summed E-state index contributed by atoms with van der Waals surface area (Å²) < 4.78 is 38.9. The Hall–Kier alpha value is -1.59. The van der Waals surface area contributed by atoms with Crippen LogP contribution in [0.3, 0.4) is 0 Å². The Bertz CT molecular complexity index is 642. The summed E-state index contributed by atoms with van der Waals surface area (Å²) in [6.45, 7) is 0. The van der Waals surface area contributed by atoms with Gasteiger partial charge in [0, 0.05) is 5.02 Å². The van der Waals surface area contributed by atoms with Gasteiger partial charge in [0.25, 0.3) is 0 Å². The van der Waals surface area contributed by atoms with E-state index in [4.69, 9.17) is 28.9 Å². The zero-order chi connectivity index (χ0) is 14.9. The van der Waals surface area contributed by atoms with Crippen LogP contribution in [0.1, 0.15) is 5.56 Å². The average Bonchev–Trinajstić information content (AvgIpc) is 2.36. The third kappa shape index (κ3) is 3.11. The molecule has 0 amide bonds. The van der Waals surface area contributed by atoms with Crippen molar-refractivity contribution in [2.45, 2.75) is 6.18 Å². The van der Waals surface area contributed by atoms with E-state index in [0.29, 0.717) is 5.69 Å². The van der Waals surface area contributed by atoms with Gasteiger partial charge in [-0.05, 0) is 30.3 Å². The van der Waals surface area contributed by atoms with Crippen molar-refractivity contribution in [3.05, 3.63) is 52.0 Å². The highest BCUT2D eigenvalue weighted by Crippen LogP contribution is 2.39. The lowest BCUT2D eigenvalue weighted by Gasteiger charge is -2.16. The molecule has 0 spiro atoms. The lowest BCUT2D eigenvalue weighted by Crippen LogP contribution is -2.09. The van der Waals surface area contributed by atoms with Gasteiger partial charge in [-0.1, -0.05) is 29.3 Å². The largest absolute Gasteiger partial charge is 0.418 e. The Morgan fingerprint density at radius 1 is 1.00 bits per heavy atom. The van der Waals surface area contributed by atoms with Crippen molar-refractivity contribution in [1.29, 1.82) is 0 Å². The molecule has 0 aliphatic carbocycles. The molecule has 2 aromatic carbocycles. The van der Waals surface area contributed by atoms with Crippen LogP contribution in [0.4, 0.5) is 30.2 Å². The molecule has 3 N–H and O–H groups in total. The van der Waals surface area contributed by atoms with Crippen LogP contribution < -0.4 is 11.1 Å². The molecule has 0 saturated carbocycles. The van der Waals surface area contributed by atoms with Crippen LogP contribution in [-0.4, -0.2) is 0 Å². The smallest absolute Gasteiger partial charge is 0.396 e. The van der Waals surface area contributed by atoms with Gasteiger partial charge < -0.3 is 11.1 Å². The van der Waals surface area contributed by atoms with Crippen molar-refractivity contribution >= 4 is 40.3 Å². The number of halogens is 5. The SMILES string of the molecule is Nc1c(Cl)cccc1Nc1ccc(Cl)cc1C(F)(F)F. The fraction of sp³-hybridized carbons (Fsp3) is 0.0769. The van der Waals surface area contributed by atoms with E-state index >= 15 is 0 Å². The molecule has 0 unspecified atom stereocenters. The third-order valence-corrected chi connectivity index (χ3v) is 3.17. The summed E-state index contributed by atoms with van der Waals surface area (Å²) in [5.74, 6) is 0. The van der Waals surface area contributed by atoms with E-state index in [1.54, 1.807) is 12.1 Å². The number of hydrogen-bond acceptors (Lipinski definition) is 2. The van der Waals surface area contributed by atoms with Gasteiger partial charge in [-0.3, -0.25) is 0 Å². The molecule has 0 bridgehead atoms. The standard InChI is InChI=1S/C13H9Cl2F3N2/c14-7-4-5-10(8(6-7)13(16,17)18)20-11-3-1-2-9(15)12(11)19/h1-6,20H,19H2. The summed E-state index contributed by atoms with van der Waals surface area (Å²) in [5.41, 5.74) is 5.18. The van der Waals surface area contributed by atoms with Crippen molar-refractivity contribution in [1.82, 2.24) is 0 Å². The van der Waals surface area contributed by atoms with Crippen molar-refractivity contribution in [2.75, 3.05) is 11.1 Å². The molecule has 20 heavy (non-hydrogen) atoms. The summed E-state index contributed by atoms with van der Waals surface area (Å²) in [5, 5.41) is 2.89. The van der Waals surface area contributed by atoms with Gasteiger partial charge in [-0.2, -0.15) is 13.2 Å². The Morgan fingerprint density at radius 3 is 2.35 bits per heavy atom. The number of anilines is 3. The molecule has 0 fully saturated rings. The molecule has 0 radical (unpaired) electrons. The van der Waals surface area contributed by atoms with Crippen molar-refractivity contribution in [3.63, 3.8) is 0 Å². The minimum atomic E-state index is -4.53. The van der Waals surface area contributed by atoms with Gasteiger partial charge >= 0.3 is 6.18 Å². The number of nitrogen functional groups attached to an aromatic ring is 1. The zero-order valence-corrected chi connectivity index (χ0v) is 11.4. The second-order valence-electron chi connectivity index (χ2n) is 4.01. The first kappa shape index (κ1) is 14.8. The first-order valence-corrected chi connectivity index (χ1v) is 6.22. The average molecular weight is 321 g/mol. The van der Waals surface area contributed by atoms with E-state index in [2.05, 4.69) is 5.32 Å². The first-order valence-electron chi connectivity index (χ1n) is 5.47. The maximum absolute atomic E-state index is 13.0. The highest BCUT2D eigenvalue weighted by molar-refractivity contribution is 6.33. The summed E-state index contributed by atoms with van der Waals surface area (Å²) in [7, 11) is 0. The van der Waals surface area contributed by atoms with E-state index in [1.165, 1.54) is 18.2 Å². The van der Waals surface area contributed by atoms with Crippen LogP contribution in [-0.2, 0) is 6.18 Å². The summed E-state index contributed by atoms with van der Waals surface area (Å²) in [4.78, 5) is 0. The van der Waals surface area contributed by atoms with Crippen LogP contribution in [0.2, 0.25) is 10.0 Å². The number of nitrogens with one attached hydrogen (secondary N) is 1. The molecule has 0 aromatic heterocycles. The monoisotopic (exact) mass is 320 g/mol. The van der Waals surface area contributed by atoms with E-state index < -0.39 is 11.7 Å².